The summed E-state index contributed by atoms with van der Waals surface area (Å²) in [5.74, 6) is 1.01. The van der Waals surface area contributed by atoms with Gasteiger partial charge in [0, 0.05) is 43.7 Å². The second-order valence-electron chi connectivity index (χ2n) is 9.65. The van der Waals surface area contributed by atoms with Gasteiger partial charge in [-0.05, 0) is 36.6 Å². The molecule has 1 saturated heterocycles. The predicted octanol–water partition coefficient (Wildman–Crippen LogP) is 5.62. The molecule has 0 spiro atoms. The van der Waals surface area contributed by atoms with Gasteiger partial charge in [-0.25, -0.2) is 4.39 Å². The van der Waals surface area contributed by atoms with Gasteiger partial charge in [-0.1, -0.05) is 63.2 Å². The fraction of sp³-hybridized carbons (Fsp3) is 0.464. The van der Waals surface area contributed by atoms with Crippen molar-refractivity contribution in [3.8, 4) is 0 Å². The van der Waals surface area contributed by atoms with E-state index in [2.05, 4.69) is 32.5 Å². The van der Waals surface area contributed by atoms with Gasteiger partial charge in [0.2, 0.25) is 11.8 Å². The van der Waals surface area contributed by atoms with Crippen LogP contribution in [0.1, 0.15) is 69.8 Å². The molecule has 7 nitrogen and oxygen atoms in total. The van der Waals surface area contributed by atoms with E-state index in [4.69, 9.17) is 4.52 Å². The first kappa shape index (κ1) is 25.8. The van der Waals surface area contributed by atoms with Crippen molar-refractivity contribution < 1.29 is 13.7 Å². The van der Waals surface area contributed by atoms with Crippen molar-refractivity contribution in [1.82, 2.24) is 15.0 Å². The van der Waals surface area contributed by atoms with Gasteiger partial charge in [0.1, 0.15) is 11.9 Å². The fourth-order valence-corrected chi connectivity index (χ4v) is 4.70. The van der Waals surface area contributed by atoms with Gasteiger partial charge in [0.05, 0.1) is 5.69 Å². The summed E-state index contributed by atoms with van der Waals surface area (Å²) in [6.45, 7) is 10.8. The van der Waals surface area contributed by atoms with E-state index >= 15 is 4.39 Å². The van der Waals surface area contributed by atoms with Crippen LogP contribution in [0.5, 0.6) is 0 Å². The molecule has 1 fully saturated rings. The van der Waals surface area contributed by atoms with E-state index in [1.54, 1.807) is 12.1 Å². The van der Waals surface area contributed by atoms with Gasteiger partial charge in [0.25, 0.3) is 0 Å². The summed E-state index contributed by atoms with van der Waals surface area (Å²) < 4.78 is 20.8. The third-order valence-electron chi connectivity index (χ3n) is 6.91. The van der Waals surface area contributed by atoms with Crippen molar-refractivity contribution in [2.75, 3.05) is 36.4 Å². The van der Waals surface area contributed by atoms with Crippen LogP contribution in [0.4, 0.5) is 15.8 Å². The lowest BCUT2D eigenvalue weighted by Crippen LogP contribution is -2.48. The van der Waals surface area contributed by atoms with Crippen molar-refractivity contribution in [2.45, 2.75) is 52.5 Å². The van der Waals surface area contributed by atoms with Crippen molar-refractivity contribution in [3.05, 3.63) is 71.6 Å². The molecule has 4 rings (SSSR count). The lowest BCUT2D eigenvalue weighted by Gasteiger charge is -2.39. The van der Waals surface area contributed by atoms with Gasteiger partial charge >= 0.3 is 0 Å². The number of hydrogen-bond donors (Lipinski definition) is 1. The molecule has 3 aromatic rings. The number of halogens is 1. The minimum Gasteiger partial charge on any atom is -0.367 e. The SMILES string of the molecule is CCC(CC)C(=O)Nc1ccc(N2CCN(C(c3ccccc3)c3nc(C(C)C)no3)CC2)c(F)c1. The third kappa shape index (κ3) is 5.75. The second kappa shape index (κ2) is 11.6. The summed E-state index contributed by atoms with van der Waals surface area (Å²) in [7, 11) is 0. The van der Waals surface area contributed by atoms with E-state index < -0.39 is 0 Å². The molecular formula is C28H36FN5O2. The molecule has 0 saturated carbocycles. The Hall–Kier alpha value is -3.26. The Kier molecular flexibility index (Phi) is 8.36. The Morgan fingerprint density at radius 2 is 1.75 bits per heavy atom. The Bertz CT molecular complexity index is 1140. The van der Waals surface area contributed by atoms with E-state index in [-0.39, 0.29) is 29.6 Å². The van der Waals surface area contributed by atoms with Crippen LogP contribution in [0.2, 0.25) is 0 Å². The van der Waals surface area contributed by atoms with Crippen molar-refractivity contribution in [3.63, 3.8) is 0 Å². The first-order valence-electron chi connectivity index (χ1n) is 12.9. The molecule has 1 amide bonds. The molecule has 2 aromatic carbocycles. The molecule has 1 N–H and O–H groups in total. The van der Waals surface area contributed by atoms with Crippen LogP contribution in [-0.2, 0) is 4.79 Å². The number of carbonyl (C=O) groups is 1. The highest BCUT2D eigenvalue weighted by Crippen LogP contribution is 2.31. The molecule has 1 aliphatic heterocycles. The highest BCUT2D eigenvalue weighted by Gasteiger charge is 2.31. The standard InChI is InChI=1S/C28H36FN5O2/c1-5-20(6-2)27(35)30-22-12-13-24(23(29)18-22)33-14-16-34(17-15-33)25(21-10-8-7-9-11-21)28-31-26(19(3)4)32-36-28/h7-13,18-20,25H,5-6,14-17H2,1-4H3,(H,30,35). The molecule has 1 unspecified atom stereocenters. The van der Waals surface area contributed by atoms with E-state index in [0.717, 1.165) is 18.4 Å². The fourth-order valence-electron chi connectivity index (χ4n) is 4.70. The summed E-state index contributed by atoms with van der Waals surface area (Å²) >= 11 is 0. The van der Waals surface area contributed by atoms with E-state index in [1.807, 2.05) is 50.8 Å². The Balaban J connectivity index is 1.46. The molecule has 1 aromatic heterocycles. The molecule has 192 valence electrons. The molecular weight excluding hydrogens is 457 g/mol. The van der Waals surface area contributed by atoms with Crippen LogP contribution in [-0.4, -0.2) is 47.1 Å². The highest BCUT2D eigenvalue weighted by atomic mass is 19.1. The van der Waals surface area contributed by atoms with Crippen LogP contribution in [0.3, 0.4) is 0 Å². The van der Waals surface area contributed by atoms with Crippen molar-refractivity contribution in [2.24, 2.45) is 5.92 Å². The van der Waals surface area contributed by atoms with Gasteiger partial charge in [-0.3, -0.25) is 9.69 Å². The molecule has 8 heteroatoms. The smallest absolute Gasteiger partial charge is 0.248 e. The maximum absolute atomic E-state index is 15.1. The Morgan fingerprint density at radius 1 is 1.06 bits per heavy atom. The average molecular weight is 494 g/mol. The predicted molar refractivity (Wildman–Crippen MR) is 140 cm³/mol. The summed E-state index contributed by atoms with van der Waals surface area (Å²) in [5, 5.41) is 7.03. The van der Waals surface area contributed by atoms with Crippen molar-refractivity contribution >= 4 is 17.3 Å². The number of nitrogens with one attached hydrogen (secondary N) is 1. The maximum Gasteiger partial charge on any atom is 0.248 e. The number of rotatable bonds is 9. The largest absolute Gasteiger partial charge is 0.367 e. The summed E-state index contributed by atoms with van der Waals surface area (Å²) in [4.78, 5) is 21.4. The molecule has 0 bridgehead atoms. The molecule has 1 aliphatic rings. The number of hydrogen-bond acceptors (Lipinski definition) is 6. The van der Waals surface area contributed by atoms with Gasteiger partial charge < -0.3 is 14.7 Å². The number of carbonyl (C=O) groups excluding carboxylic acids is 1. The molecule has 0 aliphatic carbocycles. The summed E-state index contributed by atoms with van der Waals surface area (Å²) in [6, 6.07) is 15.0. The minimum atomic E-state index is -0.330. The van der Waals surface area contributed by atoms with E-state index in [1.165, 1.54) is 6.07 Å². The topological polar surface area (TPSA) is 74.5 Å². The average Bonchev–Trinajstić information content (AvgIpc) is 3.36. The first-order chi connectivity index (χ1) is 17.4. The van der Waals surface area contributed by atoms with Crippen LogP contribution in [0.15, 0.2) is 53.1 Å². The Labute approximate surface area is 212 Å². The maximum atomic E-state index is 15.1. The minimum absolute atomic E-state index is 0.0608. The number of amides is 1. The first-order valence-corrected chi connectivity index (χ1v) is 12.9. The summed E-state index contributed by atoms with van der Waals surface area (Å²) in [6.07, 6.45) is 1.53. The third-order valence-corrected chi connectivity index (χ3v) is 6.91. The normalized spacial score (nSPS) is 15.5. The number of aromatic nitrogens is 2. The number of benzene rings is 2. The van der Waals surface area contributed by atoms with Crippen LogP contribution < -0.4 is 10.2 Å². The number of anilines is 2. The molecule has 2 heterocycles. The zero-order valence-corrected chi connectivity index (χ0v) is 21.6. The molecule has 0 radical (unpaired) electrons. The quantitative estimate of drug-likeness (QED) is 0.417. The Morgan fingerprint density at radius 3 is 2.33 bits per heavy atom. The second-order valence-corrected chi connectivity index (χ2v) is 9.65. The van der Waals surface area contributed by atoms with E-state index in [9.17, 15) is 4.79 Å². The summed E-state index contributed by atoms with van der Waals surface area (Å²) in [5.41, 5.74) is 2.13. The van der Waals surface area contributed by atoms with E-state index in [0.29, 0.717) is 49.3 Å². The number of piperazine rings is 1. The number of nitrogens with zero attached hydrogens (tertiary/aromatic N) is 4. The van der Waals surface area contributed by atoms with Gasteiger partial charge in [-0.2, -0.15) is 4.98 Å². The lowest BCUT2D eigenvalue weighted by molar-refractivity contribution is -0.120. The van der Waals surface area contributed by atoms with Crippen LogP contribution in [0.25, 0.3) is 0 Å². The van der Waals surface area contributed by atoms with Gasteiger partial charge in [0.15, 0.2) is 5.82 Å². The zero-order chi connectivity index (χ0) is 25.7. The van der Waals surface area contributed by atoms with Gasteiger partial charge in [-0.15, -0.1) is 0 Å². The lowest BCUT2D eigenvalue weighted by atomic mass is 10.0. The molecule has 1 atom stereocenters. The van der Waals surface area contributed by atoms with Crippen LogP contribution in [0, 0.1) is 11.7 Å². The van der Waals surface area contributed by atoms with Crippen molar-refractivity contribution in [1.29, 1.82) is 0 Å². The molecule has 36 heavy (non-hydrogen) atoms. The zero-order valence-electron chi connectivity index (χ0n) is 21.6. The highest BCUT2D eigenvalue weighted by molar-refractivity contribution is 5.92. The monoisotopic (exact) mass is 493 g/mol. The van der Waals surface area contributed by atoms with Crippen LogP contribution >= 0.6 is 0 Å².